The van der Waals surface area contributed by atoms with E-state index in [1.54, 1.807) is 36.7 Å². The molecule has 1 amide bonds. The van der Waals surface area contributed by atoms with Crippen molar-refractivity contribution in [3.05, 3.63) is 101 Å². The van der Waals surface area contributed by atoms with E-state index >= 15 is 0 Å². The Kier molecular flexibility index (Phi) is 4.87. The summed E-state index contributed by atoms with van der Waals surface area (Å²) in [4.78, 5) is 34.2. The number of aromatic amines is 1. The molecule has 3 heterocycles. The van der Waals surface area contributed by atoms with E-state index in [9.17, 15) is 19.1 Å². The van der Waals surface area contributed by atoms with Crippen molar-refractivity contribution in [2.75, 3.05) is 0 Å². The maximum Gasteiger partial charge on any atom is 0.295 e. The smallest absolute Gasteiger partial charge is 0.295 e. The molecular formula is C22H16FN3O3. The van der Waals surface area contributed by atoms with Crippen molar-refractivity contribution in [2.24, 2.45) is 0 Å². The molecule has 1 unspecified atom stereocenters. The SMILES string of the molecule is O=C1C(=O)N(Cc2ccc[nH+]c2)C(c2ccccn2)/C1=C(\[O-])c1ccc(F)cc1. The molecular weight excluding hydrogens is 373 g/mol. The average molecular weight is 389 g/mol. The minimum Gasteiger partial charge on any atom is -0.872 e. The first-order valence-corrected chi connectivity index (χ1v) is 8.94. The highest BCUT2D eigenvalue weighted by atomic mass is 19.1. The topological polar surface area (TPSA) is 87.5 Å². The molecule has 0 radical (unpaired) electrons. The molecule has 1 atom stereocenters. The van der Waals surface area contributed by atoms with E-state index < -0.39 is 29.3 Å². The first-order chi connectivity index (χ1) is 14.1. The zero-order chi connectivity index (χ0) is 20.4. The van der Waals surface area contributed by atoms with Gasteiger partial charge in [0.05, 0.1) is 12.2 Å². The molecule has 1 aliphatic heterocycles. The van der Waals surface area contributed by atoms with E-state index in [0.29, 0.717) is 5.69 Å². The summed E-state index contributed by atoms with van der Waals surface area (Å²) in [5.41, 5.74) is 1.14. The summed E-state index contributed by atoms with van der Waals surface area (Å²) in [6.07, 6.45) is 4.98. The van der Waals surface area contributed by atoms with E-state index in [1.807, 2.05) is 6.07 Å². The summed E-state index contributed by atoms with van der Waals surface area (Å²) in [6.45, 7) is 0.128. The van der Waals surface area contributed by atoms with Gasteiger partial charge < -0.3 is 10.0 Å². The van der Waals surface area contributed by atoms with E-state index in [-0.39, 0.29) is 17.7 Å². The van der Waals surface area contributed by atoms with Crippen molar-refractivity contribution in [3.8, 4) is 0 Å². The lowest BCUT2D eigenvalue weighted by Crippen LogP contribution is -2.30. The van der Waals surface area contributed by atoms with Gasteiger partial charge in [-0.1, -0.05) is 24.0 Å². The van der Waals surface area contributed by atoms with Crippen LogP contribution in [-0.2, 0) is 16.1 Å². The Hall–Kier alpha value is -3.87. The maximum absolute atomic E-state index is 13.3. The zero-order valence-electron chi connectivity index (χ0n) is 15.2. The predicted octanol–water partition coefficient (Wildman–Crippen LogP) is 1.46. The van der Waals surface area contributed by atoms with Crippen LogP contribution in [0.2, 0.25) is 0 Å². The fraction of sp³-hybridized carbons (Fsp3) is 0.0909. The maximum atomic E-state index is 13.3. The molecule has 1 N–H and O–H groups in total. The number of likely N-dealkylation sites (tertiary alicyclic amines) is 1. The molecule has 4 rings (SSSR count). The second-order valence-electron chi connectivity index (χ2n) is 6.58. The molecule has 1 aliphatic rings. The lowest BCUT2D eigenvalue weighted by atomic mass is 9.98. The lowest BCUT2D eigenvalue weighted by Gasteiger charge is -2.26. The van der Waals surface area contributed by atoms with Crippen molar-refractivity contribution in [1.82, 2.24) is 9.88 Å². The number of hydrogen-bond acceptors (Lipinski definition) is 4. The molecule has 7 heteroatoms. The first-order valence-electron chi connectivity index (χ1n) is 8.94. The number of carbonyl (C=O) groups is 2. The number of nitrogens with zero attached hydrogens (tertiary/aromatic N) is 2. The molecule has 144 valence electrons. The number of carbonyl (C=O) groups excluding carboxylic acids is 2. The van der Waals surface area contributed by atoms with Gasteiger partial charge in [-0.2, -0.15) is 0 Å². The summed E-state index contributed by atoms with van der Waals surface area (Å²) >= 11 is 0. The third kappa shape index (κ3) is 3.50. The van der Waals surface area contributed by atoms with Gasteiger partial charge >= 0.3 is 0 Å². The van der Waals surface area contributed by atoms with Crippen LogP contribution in [0.1, 0.15) is 22.9 Å². The second kappa shape index (κ2) is 7.63. The van der Waals surface area contributed by atoms with Crippen LogP contribution in [0.25, 0.3) is 5.76 Å². The Bertz CT molecular complexity index is 1080. The molecule has 3 aromatic rings. The van der Waals surface area contributed by atoms with Gasteiger partial charge in [-0.3, -0.25) is 14.6 Å². The van der Waals surface area contributed by atoms with Gasteiger partial charge in [-0.15, -0.1) is 0 Å². The van der Waals surface area contributed by atoms with Gasteiger partial charge in [0.25, 0.3) is 5.91 Å². The number of rotatable bonds is 4. The number of nitrogens with one attached hydrogen (secondary N) is 1. The number of halogens is 1. The van der Waals surface area contributed by atoms with Crippen LogP contribution in [0, 0.1) is 5.82 Å². The van der Waals surface area contributed by atoms with Crippen molar-refractivity contribution < 1.29 is 24.1 Å². The highest BCUT2D eigenvalue weighted by Crippen LogP contribution is 2.38. The van der Waals surface area contributed by atoms with Gasteiger partial charge in [0.2, 0.25) is 5.78 Å². The second-order valence-corrected chi connectivity index (χ2v) is 6.58. The largest absolute Gasteiger partial charge is 0.872 e. The van der Waals surface area contributed by atoms with Crippen molar-refractivity contribution >= 4 is 17.4 Å². The molecule has 0 saturated carbocycles. The molecule has 1 saturated heterocycles. The molecule has 0 spiro atoms. The normalized spacial score (nSPS) is 18.2. The fourth-order valence-electron chi connectivity index (χ4n) is 3.36. The molecule has 2 aromatic heterocycles. The summed E-state index contributed by atoms with van der Waals surface area (Å²) in [7, 11) is 0. The van der Waals surface area contributed by atoms with Crippen LogP contribution < -0.4 is 10.1 Å². The number of pyridine rings is 2. The van der Waals surface area contributed by atoms with Gasteiger partial charge in [-0.05, 0) is 35.9 Å². The Morgan fingerprint density at radius 2 is 1.90 bits per heavy atom. The standard InChI is InChI=1S/C22H16FN3O3/c23-16-8-6-15(7-9-16)20(27)18-19(17-5-1-2-11-25-17)26(22(29)21(18)28)13-14-4-3-10-24-12-14/h1-12,19,27H,13H2/b20-18+. The molecule has 29 heavy (non-hydrogen) atoms. The zero-order valence-corrected chi connectivity index (χ0v) is 15.2. The number of benzene rings is 1. The molecule has 1 fully saturated rings. The Morgan fingerprint density at radius 1 is 1.10 bits per heavy atom. The van der Waals surface area contributed by atoms with E-state index in [0.717, 1.165) is 17.7 Å². The van der Waals surface area contributed by atoms with Crippen LogP contribution in [0.15, 0.2) is 78.8 Å². The summed E-state index contributed by atoms with van der Waals surface area (Å²) in [5, 5.41) is 13.1. The third-order valence-electron chi connectivity index (χ3n) is 4.73. The van der Waals surface area contributed by atoms with E-state index in [4.69, 9.17) is 0 Å². The number of hydrogen-bond donors (Lipinski definition) is 0. The Morgan fingerprint density at radius 3 is 2.55 bits per heavy atom. The molecule has 0 bridgehead atoms. The Balaban J connectivity index is 1.85. The lowest BCUT2D eigenvalue weighted by molar-refractivity contribution is -0.378. The van der Waals surface area contributed by atoms with Gasteiger partial charge in [-0.25, -0.2) is 9.37 Å². The molecule has 1 aromatic carbocycles. The number of H-pyrrole nitrogens is 1. The average Bonchev–Trinajstić information content (AvgIpc) is 3.00. The van der Waals surface area contributed by atoms with Crippen molar-refractivity contribution in [2.45, 2.75) is 12.6 Å². The van der Waals surface area contributed by atoms with Crippen LogP contribution in [0.5, 0.6) is 0 Å². The summed E-state index contributed by atoms with van der Waals surface area (Å²) in [6, 6.07) is 12.6. The predicted molar refractivity (Wildman–Crippen MR) is 98.9 cm³/mol. The van der Waals surface area contributed by atoms with Gasteiger partial charge in [0.15, 0.2) is 12.4 Å². The van der Waals surface area contributed by atoms with Crippen molar-refractivity contribution in [1.29, 1.82) is 0 Å². The summed E-state index contributed by atoms with van der Waals surface area (Å²) in [5.74, 6) is -2.74. The number of aromatic nitrogens is 2. The van der Waals surface area contributed by atoms with E-state index in [2.05, 4.69) is 9.97 Å². The number of amides is 1. The Labute approximate surface area is 166 Å². The van der Waals surface area contributed by atoms with E-state index in [1.165, 1.54) is 23.2 Å². The van der Waals surface area contributed by atoms with Crippen LogP contribution >= 0.6 is 0 Å². The monoisotopic (exact) mass is 389 g/mol. The highest BCUT2D eigenvalue weighted by Gasteiger charge is 2.44. The molecule has 6 nitrogen and oxygen atoms in total. The summed E-state index contributed by atoms with van der Waals surface area (Å²) < 4.78 is 13.3. The molecule has 0 aliphatic carbocycles. The third-order valence-corrected chi connectivity index (χ3v) is 4.73. The van der Waals surface area contributed by atoms with Gasteiger partial charge in [0, 0.05) is 23.4 Å². The van der Waals surface area contributed by atoms with Crippen LogP contribution in [0.3, 0.4) is 0 Å². The minimum absolute atomic E-state index is 0.128. The number of Topliss-reactive ketones (excluding diaryl/α,β-unsaturated/α-hetero) is 1. The van der Waals surface area contributed by atoms with Crippen molar-refractivity contribution in [3.63, 3.8) is 0 Å². The van der Waals surface area contributed by atoms with Crippen LogP contribution in [-0.4, -0.2) is 21.6 Å². The minimum atomic E-state index is -0.922. The highest BCUT2D eigenvalue weighted by molar-refractivity contribution is 6.46. The fourth-order valence-corrected chi connectivity index (χ4v) is 3.36. The van der Waals surface area contributed by atoms with Crippen LogP contribution in [0.4, 0.5) is 4.39 Å². The quantitative estimate of drug-likeness (QED) is 0.384. The first kappa shape index (κ1) is 18.5. The van der Waals surface area contributed by atoms with Gasteiger partial charge in [0.1, 0.15) is 11.9 Å². The number of ketones is 1.